The predicted molar refractivity (Wildman–Crippen MR) is 87.4 cm³/mol. The van der Waals surface area contributed by atoms with Crippen molar-refractivity contribution >= 4 is 5.97 Å². The molecule has 0 aliphatic rings. The second-order valence-corrected chi connectivity index (χ2v) is 6.66. The summed E-state index contributed by atoms with van der Waals surface area (Å²) < 4.78 is 4.63. The Labute approximate surface area is 132 Å². The first-order chi connectivity index (χ1) is 10.4. The number of hydrogen-bond donors (Lipinski definition) is 0. The molecule has 0 heterocycles. The zero-order valence-corrected chi connectivity index (χ0v) is 13.9. The van der Waals surface area contributed by atoms with Crippen molar-refractivity contribution in [3.8, 4) is 0 Å². The second kappa shape index (κ2) is 8.44. The highest BCUT2D eigenvalue weighted by molar-refractivity contribution is 5.69. The van der Waals surface area contributed by atoms with Gasteiger partial charge in [0.25, 0.3) is 0 Å². The van der Waals surface area contributed by atoms with E-state index in [1.807, 2.05) is 24.3 Å². The van der Waals surface area contributed by atoms with Crippen molar-refractivity contribution in [3.63, 3.8) is 0 Å². The number of azide groups is 1. The quantitative estimate of drug-likeness (QED) is 0.308. The lowest BCUT2D eigenvalue weighted by molar-refractivity contribution is -0.140. The van der Waals surface area contributed by atoms with Crippen LogP contribution in [0.2, 0.25) is 0 Å². The van der Waals surface area contributed by atoms with Crippen molar-refractivity contribution in [2.45, 2.75) is 52.5 Å². The highest BCUT2D eigenvalue weighted by Gasteiger charge is 2.19. The summed E-state index contributed by atoms with van der Waals surface area (Å²) in [5.74, 6) is -0.176. The van der Waals surface area contributed by atoms with Crippen LogP contribution in [0.5, 0.6) is 0 Å². The Bertz CT molecular complexity index is 526. The minimum atomic E-state index is -0.176. The van der Waals surface area contributed by atoms with Crippen LogP contribution >= 0.6 is 0 Å². The average Bonchev–Trinajstić information content (AvgIpc) is 2.46. The first-order valence-electron chi connectivity index (χ1n) is 7.55. The Kier molecular flexibility index (Phi) is 6.93. The molecule has 0 fully saturated rings. The van der Waals surface area contributed by atoms with Crippen LogP contribution in [-0.4, -0.2) is 13.1 Å². The molecular formula is C17H25N3O2. The van der Waals surface area contributed by atoms with Gasteiger partial charge in [-0.15, -0.1) is 0 Å². The van der Waals surface area contributed by atoms with E-state index in [4.69, 9.17) is 5.53 Å². The Morgan fingerprint density at radius 3 is 2.45 bits per heavy atom. The molecule has 0 N–H and O–H groups in total. The number of aryl methyl sites for hydroxylation is 1. The summed E-state index contributed by atoms with van der Waals surface area (Å²) in [4.78, 5) is 14.1. The number of rotatable bonds is 7. The third-order valence-electron chi connectivity index (χ3n) is 3.44. The van der Waals surface area contributed by atoms with Crippen molar-refractivity contribution in [3.05, 3.63) is 45.8 Å². The van der Waals surface area contributed by atoms with Crippen molar-refractivity contribution in [1.82, 2.24) is 0 Å². The minimum Gasteiger partial charge on any atom is -0.469 e. The first-order valence-corrected chi connectivity index (χ1v) is 7.55. The van der Waals surface area contributed by atoms with E-state index < -0.39 is 0 Å². The number of nitrogens with zero attached hydrogens (tertiary/aromatic N) is 3. The molecule has 0 spiro atoms. The molecule has 1 atom stereocenters. The van der Waals surface area contributed by atoms with Crippen LogP contribution < -0.4 is 0 Å². The number of carbonyl (C=O) groups is 1. The van der Waals surface area contributed by atoms with Crippen molar-refractivity contribution in [2.75, 3.05) is 7.11 Å². The van der Waals surface area contributed by atoms with Gasteiger partial charge < -0.3 is 4.74 Å². The number of ether oxygens (including phenoxy) is 1. The fourth-order valence-corrected chi connectivity index (χ4v) is 2.31. The van der Waals surface area contributed by atoms with Gasteiger partial charge >= 0.3 is 5.97 Å². The van der Waals surface area contributed by atoms with Crippen molar-refractivity contribution in [1.29, 1.82) is 0 Å². The molecule has 0 saturated heterocycles. The normalized spacial score (nSPS) is 12.4. The fraction of sp³-hybridized carbons (Fsp3) is 0.588. The van der Waals surface area contributed by atoms with Crippen LogP contribution in [0.15, 0.2) is 29.4 Å². The molecule has 0 amide bonds. The lowest BCUT2D eigenvalue weighted by atomic mass is 9.85. The largest absolute Gasteiger partial charge is 0.469 e. The Morgan fingerprint density at radius 1 is 1.32 bits per heavy atom. The summed E-state index contributed by atoms with van der Waals surface area (Å²) in [6, 6.07) is 7.95. The zero-order valence-electron chi connectivity index (χ0n) is 13.9. The maximum absolute atomic E-state index is 11.1. The zero-order chi connectivity index (χ0) is 16.6. The molecule has 1 aromatic rings. The lowest BCUT2D eigenvalue weighted by Gasteiger charge is -2.23. The number of carbonyl (C=O) groups excluding carboxylic acids is 1. The second-order valence-electron chi connectivity index (χ2n) is 6.66. The van der Waals surface area contributed by atoms with E-state index in [0.717, 1.165) is 24.8 Å². The number of methoxy groups -OCH3 is 1. The summed E-state index contributed by atoms with van der Waals surface area (Å²) >= 11 is 0. The molecule has 120 valence electrons. The van der Waals surface area contributed by atoms with Crippen molar-refractivity contribution in [2.24, 2.45) is 10.5 Å². The van der Waals surface area contributed by atoms with E-state index in [1.54, 1.807) is 0 Å². The molecule has 0 radical (unpaired) electrons. The molecular weight excluding hydrogens is 278 g/mol. The standard InChI is InChI=1S/C17H25N3O2/c1-17(2,3)12-15(19-20-18)14-10-8-13(9-11-14)6-5-7-16(21)22-4/h8-11,15H,5-7,12H2,1-4H3. The van der Waals surface area contributed by atoms with Gasteiger partial charge in [-0.25, -0.2) is 0 Å². The van der Waals surface area contributed by atoms with Gasteiger partial charge in [-0.3, -0.25) is 4.79 Å². The van der Waals surface area contributed by atoms with Crippen LogP contribution in [-0.2, 0) is 16.0 Å². The highest BCUT2D eigenvalue weighted by atomic mass is 16.5. The van der Waals surface area contributed by atoms with Crippen LogP contribution in [0.1, 0.15) is 57.2 Å². The summed E-state index contributed by atoms with van der Waals surface area (Å²) in [5.41, 5.74) is 11.1. The molecule has 1 rings (SSSR count). The third kappa shape index (κ3) is 6.64. The van der Waals surface area contributed by atoms with Gasteiger partial charge in [-0.2, -0.15) is 0 Å². The highest BCUT2D eigenvalue weighted by Crippen LogP contribution is 2.32. The maximum Gasteiger partial charge on any atom is 0.305 e. The molecule has 1 aromatic carbocycles. The number of esters is 1. The summed E-state index contributed by atoms with van der Waals surface area (Å²) in [5, 5.41) is 3.93. The molecule has 5 nitrogen and oxygen atoms in total. The van der Waals surface area contributed by atoms with E-state index in [1.165, 1.54) is 12.7 Å². The van der Waals surface area contributed by atoms with Crippen LogP contribution in [0.25, 0.3) is 10.4 Å². The van der Waals surface area contributed by atoms with Crippen LogP contribution in [0, 0.1) is 5.41 Å². The van der Waals surface area contributed by atoms with E-state index in [-0.39, 0.29) is 17.4 Å². The van der Waals surface area contributed by atoms with Gasteiger partial charge in [0.1, 0.15) is 0 Å². The minimum absolute atomic E-state index is 0.0953. The predicted octanol–water partition coefficient (Wildman–Crippen LogP) is 4.97. The van der Waals surface area contributed by atoms with E-state index in [0.29, 0.717) is 6.42 Å². The SMILES string of the molecule is COC(=O)CCCc1ccc(C(CC(C)(C)C)N=[N+]=[N-])cc1. The molecule has 0 aliphatic heterocycles. The lowest BCUT2D eigenvalue weighted by Crippen LogP contribution is -2.10. The molecule has 0 aromatic heterocycles. The summed E-state index contributed by atoms with van der Waals surface area (Å²) in [6.07, 6.45) is 2.84. The Hall–Kier alpha value is -2.00. The summed E-state index contributed by atoms with van der Waals surface area (Å²) in [6.45, 7) is 6.40. The van der Waals surface area contributed by atoms with Gasteiger partial charge in [-0.05, 0) is 41.3 Å². The van der Waals surface area contributed by atoms with Gasteiger partial charge in [0, 0.05) is 11.3 Å². The van der Waals surface area contributed by atoms with Gasteiger partial charge in [0.2, 0.25) is 0 Å². The smallest absolute Gasteiger partial charge is 0.305 e. The van der Waals surface area contributed by atoms with Gasteiger partial charge in [-0.1, -0.05) is 50.2 Å². The molecule has 0 saturated carbocycles. The molecule has 5 heteroatoms. The Morgan fingerprint density at radius 2 is 1.95 bits per heavy atom. The van der Waals surface area contributed by atoms with Crippen LogP contribution in [0.3, 0.4) is 0 Å². The number of hydrogen-bond acceptors (Lipinski definition) is 3. The van der Waals surface area contributed by atoms with Gasteiger partial charge in [0.05, 0.1) is 13.2 Å². The third-order valence-corrected chi connectivity index (χ3v) is 3.44. The average molecular weight is 303 g/mol. The topological polar surface area (TPSA) is 75.1 Å². The Balaban J connectivity index is 2.68. The van der Waals surface area contributed by atoms with E-state index in [9.17, 15) is 4.79 Å². The maximum atomic E-state index is 11.1. The molecule has 0 bridgehead atoms. The molecule has 0 aliphatic carbocycles. The number of benzene rings is 1. The molecule has 22 heavy (non-hydrogen) atoms. The van der Waals surface area contributed by atoms with Crippen LogP contribution in [0.4, 0.5) is 0 Å². The van der Waals surface area contributed by atoms with Gasteiger partial charge in [0.15, 0.2) is 0 Å². The monoisotopic (exact) mass is 303 g/mol. The fourth-order valence-electron chi connectivity index (χ4n) is 2.31. The van der Waals surface area contributed by atoms with E-state index >= 15 is 0 Å². The summed E-state index contributed by atoms with van der Waals surface area (Å²) in [7, 11) is 1.40. The van der Waals surface area contributed by atoms with Crippen molar-refractivity contribution < 1.29 is 9.53 Å². The first kappa shape index (κ1) is 18.1. The van der Waals surface area contributed by atoms with E-state index in [2.05, 4.69) is 35.5 Å². The molecule has 1 unspecified atom stereocenters.